The van der Waals surface area contributed by atoms with E-state index in [4.69, 9.17) is 14.5 Å². The standard InChI is InChI=1S/C22H36FN5O2/c1-3-24-22(25-16-18(2)27-8-12-29-13-9-27)26-17-21(28-10-14-30-15-11-28)19-4-6-20(23)7-5-19/h4-7,18,21H,3,8-17H2,1-2H3,(H2,24,25,26). The molecule has 2 saturated heterocycles. The minimum atomic E-state index is -0.209. The molecule has 2 unspecified atom stereocenters. The van der Waals surface area contributed by atoms with E-state index in [0.717, 1.165) is 77.2 Å². The summed E-state index contributed by atoms with van der Waals surface area (Å²) in [5.41, 5.74) is 1.10. The van der Waals surface area contributed by atoms with Crippen molar-refractivity contribution in [2.75, 3.05) is 72.2 Å². The van der Waals surface area contributed by atoms with Gasteiger partial charge in [-0.25, -0.2) is 4.39 Å². The molecule has 2 heterocycles. The normalized spacial score (nSPS) is 21.2. The lowest BCUT2D eigenvalue weighted by molar-refractivity contribution is 0.0169. The second-order valence-electron chi connectivity index (χ2n) is 7.81. The van der Waals surface area contributed by atoms with E-state index in [2.05, 4.69) is 34.3 Å². The zero-order valence-electron chi connectivity index (χ0n) is 18.3. The van der Waals surface area contributed by atoms with Crippen LogP contribution in [0.1, 0.15) is 25.5 Å². The Balaban J connectivity index is 1.63. The number of guanidine groups is 1. The van der Waals surface area contributed by atoms with Crippen LogP contribution >= 0.6 is 0 Å². The summed E-state index contributed by atoms with van der Waals surface area (Å²) >= 11 is 0. The number of morpholine rings is 2. The monoisotopic (exact) mass is 421 g/mol. The largest absolute Gasteiger partial charge is 0.379 e. The summed E-state index contributed by atoms with van der Waals surface area (Å²) in [5.74, 6) is 0.609. The number of halogens is 1. The molecule has 0 aliphatic carbocycles. The Morgan fingerprint density at radius 2 is 1.60 bits per heavy atom. The summed E-state index contributed by atoms with van der Waals surface area (Å²) in [6.45, 7) is 13.2. The fraction of sp³-hybridized carbons (Fsp3) is 0.682. The Labute approximate surface area is 179 Å². The van der Waals surface area contributed by atoms with Crippen molar-refractivity contribution >= 4 is 5.96 Å². The maximum atomic E-state index is 13.4. The fourth-order valence-electron chi connectivity index (χ4n) is 3.92. The molecule has 3 rings (SSSR count). The molecule has 0 radical (unpaired) electrons. The molecule has 30 heavy (non-hydrogen) atoms. The molecule has 2 fully saturated rings. The number of ether oxygens (including phenoxy) is 2. The molecule has 7 nitrogen and oxygen atoms in total. The number of rotatable bonds is 8. The maximum absolute atomic E-state index is 13.4. The van der Waals surface area contributed by atoms with Crippen LogP contribution in [0.5, 0.6) is 0 Å². The van der Waals surface area contributed by atoms with E-state index in [1.807, 2.05) is 12.1 Å². The number of aliphatic imine (C=N–C) groups is 1. The van der Waals surface area contributed by atoms with Gasteiger partial charge >= 0.3 is 0 Å². The van der Waals surface area contributed by atoms with E-state index < -0.39 is 0 Å². The van der Waals surface area contributed by atoms with E-state index in [1.54, 1.807) is 0 Å². The van der Waals surface area contributed by atoms with Crippen molar-refractivity contribution < 1.29 is 13.9 Å². The third-order valence-corrected chi connectivity index (χ3v) is 5.73. The molecule has 1 aromatic carbocycles. The minimum absolute atomic E-state index is 0.134. The van der Waals surface area contributed by atoms with Gasteiger partial charge in [0.05, 0.1) is 39.0 Å². The third kappa shape index (κ3) is 6.91. The zero-order valence-corrected chi connectivity index (χ0v) is 18.3. The summed E-state index contributed by atoms with van der Waals surface area (Å²) in [4.78, 5) is 9.64. The van der Waals surface area contributed by atoms with Gasteiger partial charge in [0, 0.05) is 45.3 Å². The molecule has 8 heteroatoms. The zero-order chi connectivity index (χ0) is 21.2. The van der Waals surface area contributed by atoms with Crippen LogP contribution in [0, 0.1) is 5.82 Å². The predicted octanol–water partition coefficient (Wildman–Crippen LogP) is 1.47. The summed E-state index contributed by atoms with van der Waals surface area (Å²) in [5, 5.41) is 6.86. The van der Waals surface area contributed by atoms with Crippen LogP contribution in [0.15, 0.2) is 29.3 Å². The highest BCUT2D eigenvalue weighted by Gasteiger charge is 2.23. The molecular formula is C22H36FN5O2. The summed E-state index contributed by atoms with van der Waals surface area (Å²) in [7, 11) is 0. The Bertz CT molecular complexity index is 645. The van der Waals surface area contributed by atoms with E-state index in [9.17, 15) is 4.39 Å². The van der Waals surface area contributed by atoms with Crippen molar-refractivity contribution in [2.45, 2.75) is 25.9 Å². The number of hydrogen-bond acceptors (Lipinski definition) is 5. The molecular weight excluding hydrogens is 385 g/mol. The summed E-state index contributed by atoms with van der Waals surface area (Å²) in [6, 6.07) is 7.33. The Hall–Kier alpha value is -1.74. The SMILES string of the molecule is CCNC(=NCC(C)N1CCOCC1)NCC(c1ccc(F)cc1)N1CCOCC1. The molecule has 0 amide bonds. The molecule has 2 atom stereocenters. The van der Waals surface area contributed by atoms with Crippen molar-refractivity contribution in [1.82, 2.24) is 20.4 Å². The molecule has 0 saturated carbocycles. The minimum Gasteiger partial charge on any atom is -0.379 e. The highest BCUT2D eigenvalue weighted by molar-refractivity contribution is 5.79. The highest BCUT2D eigenvalue weighted by Crippen LogP contribution is 2.21. The van der Waals surface area contributed by atoms with Gasteiger partial charge in [-0.05, 0) is 31.5 Å². The average Bonchev–Trinajstić information content (AvgIpc) is 2.79. The van der Waals surface area contributed by atoms with Crippen LogP contribution in [0.3, 0.4) is 0 Å². The number of nitrogens with zero attached hydrogens (tertiary/aromatic N) is 3. The van der Waals surface area contributed by atoms with Crippen molar-refractivity contribution in [3.63, 3.8) is 0 Å². The predicted molar refractivity (Wildman–Crippen MR) is 117 cm³/mol. The number of nitrogens with one attached hydrogen (secondary N) is 2. The number of hydrogen-bond donors (Lipinski definition) is 2. The van der Waals surface area contributed by atoms with Crippen LogP contribution in [-0.4, -0.2) is 94.0 Å². The Morgan fingerprint density at radius 1 is 1.00 bits per heavy atom. The summed E-state index contributed by atoms with van der Waals surface area (Å²) in [6.07, 6.45) is 0. The Kier molecular flexibility index (Phi) is 9.32. The Morgan fingerprint density at radius 3 is 2.20 bits per heavy atom. The topological polar surface area (TPSA) is 61.4 Å². The van der Waals surface area contributed by atoms with Gasteiger partial charge in [-0.2, -0.15) is 0 Å². The second kappa shape index (κ2) is 12.2. The van der Waals surface area contributed by atoms with Crippen molar-refractivity contribution in [2.24, 2.45) is 4.99 Å². The lowest BCUT2D eigenvalue weighted by atomic mass is 10.0. The molecule has 168 valence electrons. The van der Waals surface area contributed by atoms with Gasteiger partial charge in [0.15, 0.2) is 5.96 Å². The van der Waals surface area contributed by atoms with Crippen LogP contribution < -0.4 is 10.6 Å². The van der Waals surface area contributed by atoms with Gasteiger partial charge in [0.1, 0.15) is 5.82 Å². The van der Waals surface area contributed by atoms with Gasteiger partial charge in [-0.1, -0.05) is 12.1 Å². The first-order chi connectivity index (χ1) is 14.7. The van der Waals surface area contributed by atoms with Gasteiger partial charge in [-0.3, -0.25) is 14.8 Å². The van der Waals surface area contributed by atoms with Crippen LogP contribution in [0.4, 0.5) is 4.39 Å². The quantitative estimate of drug-likeness (QED) is 0.490. The molecule has 0 bridgehead atoms. The molecule has 1 aromatic rings. The van der Waals surface area contributed by atoms with Crippen LogP contribution in [-0.2, 0) is 9.47 Å². The molecule has 0 aromatic heterocycles. The number of benzene rings is 1. The van der Waals surface area contributed by atoms with Crippen molar-refractivity contribution in [3.05, 3.63) is 35.6 Å². The molecule has 2 aliphatic heterocycles. The van der Waals surface area contributed by atoms with Crippen LogP contribution in [0.2, 0.25) is 0 Å². The van der Waals surface area contributed by atoms with Crippen LogP contribution in [0.25, 0.3) is 0 Å². The second-order valence-corrected chi connectivity index (χ2v) is 7.81. The first-order valence-electron chi connectivity index (χ1n) is 11.1. The maximum Gasteiger partial charge on any atom is 0.191 e. The molecule has 0 spiro atoms. The van der Waals surface area contributed by atoms with E-state index in [0.29, 0.717) is 12.6 Å². The lowest BCUT2D eigenvalue weighted by Gasteiger charge is -2.35. The fourth-order valence-corrected chi connectivity index (χ4v) is 3.92. The van der Waals surface area contributed by atoms with Gasteiger partial charge in [0.2, 0.25) is 0 Å². The van der Waals surface area contributed by atoms with E-state index in [1.165, 1.54) is 12.1 Å². The van der Waals surface area contributed by atoms with Gasteiger partial charge in [-0.15, -0.1) is 0 Å². The highest BCUT2D eigenvalue weighted by atomic mass is 19.1. The molecule has 2 N–H and O–H groups in total. The van der Waals surface area contributed by atoms with Gasteiger partial charge in [0.25, 0.3) is 0 Å². The first-order valence-corrected chi connectivity index (χ1v) is 11.1. The molecule has 2 aliphatic rings. The summed E-state index contributed by atoms with van der Waals surface area (Å²) < 4.78 is 24.4. The first kappa shape index (κ1) is 22.9. The van der Waals surface area contributed by atoms with Crippen molar-refractivity contribution in [3.8, 4) is 0 Å². The lowest BCUT2D eigenvalue weighted by Crippen LogP contribution is -2.47. The van der Waals surface area contributed by atoms with Gasteiger partial charge < -0.3 is 20.1 Å². The third-order valence-electron chi connectivity index (χ3n) is 5.73. The van der Waals surface area contributed by atoms with E-state index >= 15 is 0 Å². The van der Waals surface area contributed by atoms with Crippen molar-refractivity contribution in [1.29, 1.82) is 0 Å². The smallest absolute Gasteiger partial charge is 0.191 e. The van der Waals surface area contributed by atoms with E-state index in [-0.39, 0.29) is 11.9 Å². The average molecular weight is 422 g/mol.